The van der Waals surface area contributed by atoms with E-state index in [2.05, 4.69) is 6.07 Å². The Labute approximate surface area is 102 Å². The van der Waals surface area contributed by atoms with Gasteiger partial charge in [-0.2, -0.15) is 17.0 Å². The summed E-state index contributed by atoms with van der Waals surface area (Å²) in [5.74, 6) is 4.83. The first-order chi connectivity index (χ1) is 7.76. The Morgan fingerprint density at radius 3 is 2.19 bits per heavy atom. The molecule has 0 spiro atoms. The summed E-state index contributed by atoms with van der Waals surface area (Å²) >= 11 is 2.00. The van der Waals surface area contributed by atoms with Gasteiger partial charge in [0, 0.05) is 11.0 Å². The second kappa shape index (κ2) is 4.23. The molecule has 0 amide bonds. The number of rotatable bonds is 3. The molecular formula is C13H20N2S. The lowest BCUT2D eigenvalue weighted by molar-refractivity contribution is 0.0267. The van der Waals surface area contributed by atoms with Crippen molar-refractivity contribution in [2.45, 2.75) is 43.4 Å². The zero-order valence-corrected chi connectivity index (χ0v) is 10.5. The lowest BCUT2D eigenvalue weighted by Gasteiger charge is -2.54. The third kappa shape index (κ3) is 1.87. The van der Waals surface area contributed by atoms with Crippen LogP contribution in [0, 0.1) is 35.0 Å². The van der Waals surface area contributed by atoms with Gasteiger partial charge in [0.25, 0.3) is 0 Å². The number of nitriles is 1. The molecule has 0 aromatic heterocycles. The molecule has 2 nitrogen and oxygen atoms in total. The zero-order valence-electron chi connectivity index (χ0n) is 9.64. The molecule has 16 heavy (non-hydrogen) atoms. The van der Waals surface area contributed by atoms with Crippen LogP contribution in [0.1, 0.15) is 32.1 Å². The minimum Gasteiger partial charge on any atom is -0.315 e. The molecule has 4 aliphatic rings. The van der Waals surface area contributed by atoms with Crippen LogP contribution in [0.15, 0.2) is 0 Å². The van der Waals surface area contributed by atoms with E-state index < -0.39 is 0 Å². The van der Waals surface area contributed by atoms with Crippen molar-refractivity contribution >= 4 is 11.8 Å². The van der Waals surface area contributed by atoms with Crippen LogP contribution in [0.25, 0.3) is 0 Å². The summed E-state index contributed by atoms with van der Waals surface area (Å²) in [6.45, 7) is 0. The molecule has 0 radical (unpaired) electrons. The molecule has 2 N–H and O–H groups in total. The van der Waals surface area contributed by atoms with Gasteiger partial charge in [-0.1, -0.05) is 0 Å². The standard InChI is InChI=1S/C13H20N2S/c14-6-12(15)7-16-13-10-2-8-1-9(4-10)5-11(13)3-8/h8-13H,1-5,7,15H2. The molecule has 4 aliphatic carbocycles. The monoisotopic (exact) mass is 236 g/mol. The maximum atomic E-state index is 8.73. The Hall–Kier alpha value is -0.200. The largest absolute Gasteiger partial charge is 0.315 e. The fraction of sp³-hybridized carbons (Fsp3) is 0.923. The van der Waals surface area contributed by atoms with Crippen molar-refractivity contribution in [3.05, 3.63) is 0 Å². The van der Waals surface area contributed by atoms with Crippen molar-refractivity contribution in [2.24, 2.45) is 29.4 Å². The third-order valence-electron chi connectivity index (χ3n) is 4.77. The molecule has 4 fully saturated rings. The van der Waals surface area contributed by atoms with Gasteiger partial charge >= 0.3 is 0 Å². The van der Waals surface area contributed by atoms with Gasteiger partial charge in [-0.15, -0.1) is 0 Å². The van der Waals surface area contributed by atoms with Crippen LogP contribution in [0.4, 0.5) is 0 Å². The summed E-state index contributed by atoms with van der Waals surface area (Å²) in [5.41, 5.74) is 5.69. The van der Waals surface area contributed by atoms with E-state index in [1.165, 1.54) is 32.1 Å². The van der Waals surface area contributed by atoms with E-state index in [9.17, 15) is 0 Å². The highest BCUT2D eigenvalue weighted by Crippen LogP contribution is 2.56. The van der Waals surface area contributed by atoms with Gasteiger partial charge in [0.05, 0.1) is 6.07 Å². The van der Waals surface area contributed by atoms with E-state index in [4.69, 9.17) is 11.0 Å². The van der Waals surface area contributed by atoms with Crippen LogP contribution >= 0.6 is 11.8 Å². The van der Waals surface area contributed by atoms with Crippen molar-refractivity contribution in [1.29, 1.82) is 5.26 Å². The predicted molar refractivity (Wildman–Crippen MR) is 66.9 cm³/mol. The van der Waals surface area contributed by atoms with Gasteiger partial charge in [-0.25, -0.2) is 0 Å². The maximum Gasteiger partial charge on any atom is 0.102 e. The lowest BCUT2D eigenvalue weighted by Crippen LogP contribution is -2.47. The zero-order chi connectivity index (χ0) is 11.1. The van der Waals surface area contributed by atoms with Crippen molar-refractivity contribution in [3.8, 4) is 6.07 Å². The summed E-state index contributed by atoms with van der Waals surface area (Å²) < 4.78 is 0. The number of hydrogen-bond donors (Lipinski definition) is 1. The highest BCUT2D eigenvalue weighted by molar-refractivity contribution is 8.00. The van der Waals surface area contributed by atoms with E-state index >= 15 is 0 Å². The first kappa shape index (κ1) is 10.9. The molecule has 1 atom stereocenters. The van der Waals surface area contributed by atoms with Crippen LogP contribution in [0.5, 0.6) is 0 Å². The van der Waals surface area contributed by atoms with Crippen LogP contribution < -0.4 is 5.73 Å². The Morgan fingerprint density at radius 2 is 1.69 bits per heavy atom. The van der Waals surface area contributed by atoms with E-state index in [1.807, 2.05) is 11.8 Å². The number of nitrogens with two attached hydrogens (primary N) is 1. The Morgan fingerprint density at radius 1 is 1.12 bits per heavy atom. The minimum atomic E-state index is -0.262. The van der Waals surface area contributed by atoms with Gasteiger partial charge < -0.3 is 5.73 Å². The molecule has 4 rings (SSSR count). The molecule has 0 heterocycles. The number of thioether (sulfide) groups is 1. The van der Waals surface area contributed by atoms with Gasteiger partial charge in [0.2, 0.25) is 0 Å². The van der Waals surface area contributed by atoms with Crippen LogP contribution in [0.3, 0.4) is 0 Å². The van der Waals surface area contributed by atoms with E-state index in [1.54, 1.807) is 0 Å². The molecule has 88 valence electrons. The van der Waals surface area contributed by atoms with Gasteiger partial charge in [-0.3, -0.25) is 0 Å². The Bertz CT molecular complexity index is 282. The van der Waals surface area contributed by atoms with Gasteiger partial charge in [0.15, 0.2) is 0 Å². The SMILES string of the molecule is N#CC(N)CSC1C2CC3CC(C2)CC1C3. The first-order valence-corrected chi connectivity index (χ1v) is 7.58. The van der Waals surface area contributed by atoms with Crippen molar-refractivity contribution in [3.63, 3.8) is 0 Å². The highest BCUT2D eigenvalue weighted by atomic mass is 32.2. The normalized spacial score (nSPS) is 46.6. The smallest absolute Gasteiger partial charge is 0.102 e. The van der Waals surface area contributed by atoms with Gasteiger partial charge in [0.1, 0.15) is 6.04 Å². The summed E-state index contributed by atoms with van der Waals surface area (Å²) in [4.78, 5) is 0. The van der Waals surface area contributed by atoms with Crippen LogP contribution in [0.2, 0.25) is 0 Å². The molecular weight excluding hydrogens is 216 g/mol. The molecule has 1 unspecified atom stereocenters. The highest BCUT2D eigenvalue weighted by Gasteiger charge is 2.48. The van der Waals surface area contributed by atoms with Crippen molar-refractivity contribution < 1.29 is 0 Å². The molecule has 4 bridgehead atoms. The number of nitrogens with zero attached hydrogens (tertiary/aromatic N) is 1. The van der Waals surface area contributed by atoms with Crippen LogP contribution in [-0.2, 0) is 0 Å². The fourth-order valence-electron chi connectivity index (χ4n) is 4.40. The molecule has 3 heteroatoms. The molecule has 0 aromatic carbocycles. The molecule has 0 aliphatic heterocycles. The van der Waals surface area contributed by atoms with Crippen molar-refractivity contribution in [1.82, 2.24) is 0 Å². The first-order valence-electron chi connectivity index (χ1n) is 6.53. The van der Waals surface area contributed by atoms with Crippen LogP contribution in [-0.4, -0.2) is 17.0 Å². The summed E-state index contributed by atoms with van der Waals surface area (Å²) in [6.07, 6.45) is 7.37. The van der Waals surface area contributed by atoms with E-state index in [-0.39, 0.29) is 6.04 Å². The molecule has 4 saturated carbocycles. The van der Waals surface area contributed by atoms with Gasteiger partial charge in [-0.05, 0) is 55.8 Å². The maximum absolute atomic E-state index is 8.73. The Kier molecular flexibility index (Phi) is 2.89. The summed E-state index contributed by atoms with van der Waals surface area (Å²) in [6, 6.07) is 1.88. The Balaban J connectivity index is 1.62. The summed E-state index contributed by atoms with van der Waals surface area (Å²) in [7, 11) is 0. The topological polar surface area (TPSA) is 49.8 Å². The van der Waals surface area contributed by atoms with E-state index in [0.29, 0.717) is 0 Å². The molecule has 0 saturated heterocycles. The van der Waals surface area contributed by atoms with Crippen molar-refractivity contribution in [2.75, 3.05) is 5.75 Å². The van der Waals surface area contributed by atoms with E-state index in [0.717, 1.165) is 34.7 Å². The lowest BCUT2D eigenvalue weighted by atomic mass is 9.56. The third-order valence-corrected chi connectivity index (χ3v) is 6.48. The fourth-order valence-corrected chi connectivity index (χ4v) is 5.89. The number of hydrogen-bond acceptors (Lipinski definition) is 3. The second-order valence-corrected chi connectivity index (χ2v) is 7.18. The average Bonchev–Trinajstić information content (AvgIpc) is 2.26. The minimum absolute atomic E-state index is 0.262. The average molecular weight is 236 g/mol. The quantitative estimate of drug-likeness (QED) is 0.818. The molecule has 0 aromatic rings. The predicted octanol–water partition coefficient (Wildman–Crippen LogP) is 2.40. The second-order valence-electron chi connectivity index (χ2n) is 5.96. The summed E-state index contributed by atoms with van der Waals surface area (Å²) in [5, 5.41) is 9.55.